The first-order valence-corrected chi connectivity index (χ1v) is 14.8. The van der Waals surface area contributed by atoms with Crippen LogP contribution in [0.25, 0.3) is 11.1 Å². The van der Waals surface area contributed by atoms with Crippen LogP contribution in [0.3, 0.4) is 0 Å². The Labute approximate surface area is 246 Å². The van der Waals surface area contributed by atoms with Crippen molar-refractivity contribution in [2.45, 2.75) is 17.2 Å². The number of aromatic nitrogens is 3. The number of ether oxygens (including phenoxy) is 2. The molecule has 0 saturated carbocycles. The summed E-state index contributed by atoms with van der Waals surface area (Å²) >= 11 is 0. The van der Waals surface area contributed by atoms with E-state index in [0.29, 0.717) is 13.5 Å². The quantitative estimate of drug-likeness (QED) is 0.276. The van der Waals surface area contributed by atoms with Gasteiger partial charge >= 0.3 is 18.5 Å². The number of rotatable bonds is 0. The highest BCUT2D eigenvalue weighted by atomic mass is 16.5. The summed E-state index contributed by atoms with van der Waals surface area (Å²) in [7, 11) is 4.35. The molecule has 0 saturated heterocycles. The third kappa shape index (κ3) is 1.94. The topological polar surface area (TPSA) is 69.7 Å². The van der Waals surface area contributed by atoms with E-state index in [0.717, 1.165) is 34.0 Å². The second kappa shape index (κ2) is 6.49. The van der Waals surface area contributed by atoms with Crippen LogP contribution in [0, 0.1) is 0 Å². The lowest BCUT2D eigenvalue weighted by molar-refractivity contribution is -0.890. The van der Waals surface area contributed by atoms with Crippen molar-refractivity contribution in [3.8, 4) is 22.6 Å². The van der Waals surface area contributed by atoms with E-state index in [1.54, 1.807) is 0 Å². The summed E-state index contributed by atoms with van der Waals surface area (Å²) < 4.78 is 17.4. The zero-order valence-corrected chi connectivity index (χ0v) is 23.5. The molecule has 2 N–H and O–H groups in total. The van der Waals surface area contributed by atoms with Crippen molar-refractivity contribution in [3.63, 3.8) is 0 Å². The molecule has 0 fully saturated rings. The Morgan fingerprint density at radius 3 is 1.67 bits per heavy atom. The molecule has 0 bridgehead atoms. The molecule has 9 heteroatoms. The number of anilines is 4. The van der Waals surface area contributed by atoms with Crippen LogP contribution < -0.4 is 39.0 Å². The first-order valence-electron chi connectivity index (χ1n) is 14.8. The summed E-state index contributed by atoms with van der Waals surface area (Å²) in [6, 6.07) is 22.1. The number of nitrogens with one attached hydrogen (secondary N) is 2. The Hall–Kier alpha value is -4.99. The van der Waals surface area contributed by atoms with Gasteiger partial charge < -0.3 is 19.3 Å². The average molecular weight is 564 g/mol. The number of nitrogens with zero attached hydrogens (tertiary/aromatic N) is 5. The van der Waals surface area contributed by atoms with Gasteiger partial charge in [0, 0.05) is 14.1 Å². The summed E-state index contributed by atoms with van der Waals surface area (Å²) in [6.07, 6.45) is 4.06. The molecule has 2 unspecified atom stereocenters. The molecule has 4 aromatic carbocycles. The molecule has 43 heavy (non-hydrogen) atoms. The van der Waals surface area contributed by atoms with Crippen molar-refractivity contribution in [2.75, 3.05) is 37.4 Å². The number of benzene rings is 4. The predicted molar refractivity (Wildman–Crippen MR) is 156 cm³/mol. The maximum atomic E-state index is 6.29. The van der Waals surface area contributed by atoms with E-state index in [4.69, 9.17) is 14.5 Å². The monoisotopic (exact) mass is 563 g/mol. The smallest absolute Gasteiger partial charge is 0.360 e. The molecule has 1 aliphatic carbocycles. The third-order valence-corrected chi connectivity index (χ3v) is 11.2. The van der Waals surface area contributed by atoms with Gasteiger partial charge in [0.25, 0.3) is 11.3 Å². The van der Waals surface area contributed by atoms with E-state index in [9.17, 15) is 0 Å². The molecule has 7 aliphatic rings. The van der Waals surface area contributed by atoms with Gasteiger partial charge in [-0.3, -0.25) is 0 Å². The Morgan fingerprint density at radius 1 is 0.674 bits per heavy atom. The molecule has 1 aromatic heterocycles. The van der Waals surface area contributed by atoms with E-state index in [1.165, 1.54) is 50.6 Å². The molecule has 6 aliphatic heterocycles. The molecule has 5 aromatic rings. The lowest BCUT2D eigenvalue weighted by atomic mass is 9.70. The van der Waals surface area contributed by atoms with Crippen LogP contribution in [-0.4, -0.2) is 32.5 Å². The maximum absolute atomic E-state index is 6.29. The van der Waals surface area contributed by atoms with Crippen LogP contribution in [0.4, 0.5) is 22.7 Å². The highest BCUT2D eigenvalue weighted by molar-refractivity contribution is 5.94. The van der Waals surface area contributed by atoms with Gasteiger partial charge in [0.05, 0.1) is 50.0 Å². The summed E-state index contributed by atoms with van der Waals surface area (Å²) in [6.45, 7) is 0.791. The van der Waals surface area contributed by atoms with Crippen LogP contribution in [-0.2, 0) is 11.3 Å². The fraction of sp³-hybridized carbons (Fsp3) is 0.206. The first-order chi connectivity index (χ1) is 21.2. The average Bonchev–Trinajstić information content (AvgIpc) is 3.39. The fourth-order valence-electron chi connectivity index (χ4n) is 9.72. The Morgan fingerprint density at radius 2 is 1.16 bits per heavy atom. The van der Waals surface area contributed by atoms with Gasteiger partial charge in [-0.05, 0) is 58.7 Å². The van der Waals surface area contributed by atoms with Gasteiger partial charge in [-0.25, -0.2) is 10.6 Å². The second-order valence-electron chi connectivity index (χ2n) is 12.5. The fourth-order valence-corrected chi connectivity index (χ4v) is 9.72. The van der Waals surface area contributed by atoms with Crippen molar-refractivity contribution < 1.29 is 18.6 Å². The molecule has 2 atom stereocenters. The molecule has 9 nitrogen and oxygen atoms in total. The van der Waals surface area contributed by atoms with E-state index < -0.39 is 11.3 Å². The summed E-state index contributed by atoms with van der Waals surface area (Å²) in [4.78, 5) is 9.68. The molecule has 0 amide bonds. The van der Waals surface area contributed by atoms with Crippen LogP contribution in [0.5, 0.6) is 11.5 Å². The normalized spacial score (nSPS) is 25.8. The van der Waals surface area contributed by atoms with Crippen LogP contribution >= 0.6 is 0 Å². The molecule has 12 rings (SSSR count). The molecule has 7 heterocycles. The minimum Gasteiger partial charge on any atom is -0.478 e. The summed E-state index contributed by atoms with van der Waals surface area (Å²) in [5.74, 6) is 3.06. The molecule has 0 radical (unpaired) electrons. The van der Waals surface area contributed by atoms with Crippen molar-refractivity contribution in [1.29, 1.82) is 0 Å². The zero-order valence-electron chi connectivity index (χ0n) is 23.5. The maximum Gasteiger partial charge on any atom is 0.360 e. The van der Waals surface area contributed by atoms with Crippen LogP contribution in [0.15, 0.2) is 73.3 Å². The highest BCUT2D eigenvalue weighted by Gasteiger charge is 2.69. The molecule has 206 valence electrons. The molecule has 2 spiro atoms. The van der Waals surface area contributed by atoms with E-state index >= 15 is 0 Å². The number of hydrogen-bond donors (Lipinski definition) is 2. The lowest BCUT2D eigenvalue weighted by Crippen LogP contribution is -2.81. The summed E-state index contributed by atoms with van der Waals surface area (Å²) in [5.41, 5.74) is 13.6. The standard InChI is InChI=1S/C34H25N7O2/c1-38-19-5-3-7-23-28(19)33(36-15-42-23)30-21(38)11-9-17-18-10-12-22-31-26(18)27(25(17)30)32-40(33)13-35-14-41(32)34(31)29-20(39(22)2)6-4-8-24(29)43-16-37-34/h3-14,27,36-37H,15-16H2,1-2H3/q+2. The predicted octanol–water partition coefficient (Wildman–Crippen LogP) is 2.98. The minimum absolute atomic E-state index is 0.0488. The van der Waals surface area contributed by atoms with Crippen molar-refractivity contribution in [3.05, 3.63) is 113 Å². The Bertz CT molecular complexity index is 2080. The lowest BCUT2D eigenvalue weighted by Gasteiger charge is -2.51. The van der Waals surface area contributed by atoms with Crippen LogP contribution in [0.1, 0.15) is 45.1 Å². The first kappa shape index (κ1) is 21.7. The Kier molecular flexibility index (Phi) is 3.27. The van der Waals surface area contributed by atoms with Gasteiger partial charge in [0.2, 0.25) is 0 Å². The minimum atomic E-state index is -0.683. The van der Waals surface area contributed by atoms with Gasteiger partial charge in [0.15, 0.2) is 0 Å². The van der Waals surface area contributed by atoms with E-state index in [2.05, 4.69) is 104 Å². The third-order valence-electron chi connectivity index (χ3n) is 11.2. The van der Waals surface area contributed by atoms with Gasteiger partial charge in [-0.2, -0.15) is 0 Å². The summed E-state index contributed by atoms with van der Waals surface area (Å²) in [5, 5.41) is 7.81. The largest absolute Gasteiger partial charge is 0.478 e. The van der Waals surface area contributed by atoms with Crippen LogP contribution in [0.2, 0.25) is 0 Å². The Balaban J connectivity index is 1.34. The van der Waals surface area contributed by atoms with Crippen molar-refractivity contribution in [1.82, 2.24) is 15.6 Å². The van der Waals surface area contributed by atoms with Crippen molar-refractivity contribution in [2.24, 2.45) is 0 Å². The molecular weight excluding hydrogens is 538 g/mol. The van der Waals surface area contributed by atoms with Gasteiger partial charge in [-0.15, -0.1) is 9.13 Å². The SMILES string of the molecule is CN1c2cccc3c2C2(NCO3)c3c1ccc1c3C3c4c-1ccc1c4C4(NCOc5cccc(c54)N1C)[n+]1cnc[n+]2c13. The van der Waals surface area contributed by atoms with E-state index in [-0.39, 0.29) is 5.92 Å². The highest BCUT2D eigenvalue weighted by Crippen LogP contribution is 2.65. The number of fused-ring (bicyclic) bond motifs is 1. The number of hydrogen-bond acceptors (Lipinski definition) is 7. The van der Waals surface area contributed by atoms with Crippen molar-refractivity contribution >= 4 is 22.7 Å². The second-order valence-corrected chi connectivity index (χ2v) is 12.5. The van der Waals surface area contributed by atoms with Gasteiger partial charge in [0.1, 0.15) is 30.9 Å². The molecular formula is C34H25N7O2+2. The van der Waals surface area contributed by atoms with Gasteiger partial charge in [-0.1, -0.05) is 24.3 Å². The van der Waals surface area contributed by atoms with E-state index in [1.807, 2.05) is 12.7 Å². The zero-order chi connectivity index (χ0) is 28.0.